The van der Waals surface area contributed by atoms with E-state index in [4.69, 9.17) is 9.47 Å². The van der Waals surface area contributed by atoms with Gasteiger partial charge in [-0.3, -0.25) is 4.79 Å². The van der Waals surface area contributed by atoms with Gasteiger partial charge in [0.05, 0.1) is 18.2 Å². The zero-order chi connectivity index (χ0) is 20.4. The standard InChI is InChI=1S/C20H22BrF2NO4/c1-26-17-9-8-14(13-18(17)28-20(22)23)10-11-24-19(25)7-4-12-27-16-6-3-2-5-15(16)21/h2-3,5-6,8-9,13,20H,4,7,10-12H2,1H3,(H,24,25). The molecule has 0 heterocycles. The molecule has 8 heteroatoms. The van der Waals surface area contributed by atoms with E-state index in [1.807, 2.05) is 24.3 Å². The van der Waals surface area contributed by atoms with Gasteiger partial charge in [-0.15, -0.1) is 0 Å². The predicted octanol–water partition coefficient (Wildman–Crippen LogP) is 4.58. The first-order chi connectivity index (χ1) is 13.5. The lowest BCUT2D eigenvalue weighted by atomic mass is 10.1. The van der Waals surface area contributed by atoms with Crippen LogP contribution < -0.4 is 19.5 Å². The molecule has 0 aromatic heterocycles. The van der Waals surface area contributed by atoms with Gasteiger partial charge in [-0.05, 0) is 58.6 Å². The van der Waals surface area contributed by atoms with Crippen molar-refractivity contribution in [2.24, 2.45) is 0 Å². The van der Waals surface area contributed by atoms with Gasteiger partial charge in [0, 0.05) is 13.0 Å². The van der Waals surface area contributed by atoms with Gasteiger partial charge in [0.15, 0.2) is 11.5 Å². The van der Waals surface area contributed by atoms with Gasteiger partial charge in [-0.25, -0.2) is 0 Å². The van der Waals surface area contributed by atoms with Crippen LogP contribution in [0.5, 0.6) is 17.2 Å². The summed E-state index contributed by atoms with van der Waals surface area (Å²) in [4.78, 5) is 11.9. The Kier molecular flexibility index (Phi) is 9.00. The molecule has 0 atom stereocenters. The Balaban J connectivity index is 1.69. The van der Waals surface area contributed by atoms with Crippen LogP contribution in [0.3, 0.4) is 0 Å². The number of ether oxygens (including phenoxy) is 3. The third kappa shape index (κ3) is 7.34. The Morgan fingerprint density at radius 1 is 1.14 bits per heavy atom. The average molecular weight is 458 g/mol. The third-order valence-corrected chi connectivity index (χ3v) is 4.48. The van der Waals surface area contributed by atoms with Gasteiger partial charge < -0.3 is 19.5 Å². The van der Waals surface area contributed by atoms with E-state index in [2.05, 4.69) is 26.0 Å². The van der Waals surface area contributed by atoms with Gasteiger partial charge in [-0.1, -0.05) is 18.2 Å². The number of hydrogen-bond donors (Lipinski definition) is 1. The maximum Gasteiger partial charge on any atom is 0.387 e. The molecule has 0 bridgehead atoms. The SMILES string of the molecule is COc1ccc(CCNC(=O)CCCOc2ccccc2Br)cc1OC(F)F. The molecule has 0 saturated carbocycles. The van der Waals surface area contributed by atoms with Crippen LogP contribution in [0.2, 0.25) is 0 Å². The molecule has 1 N–H and O–H groups in total. The van der Waals surface area contributed by atoms with Crippen molar-refractivity contribution in [2.45, 2.75) is 25.9 Å². The van der Waals surface area contributed by atoms with E-state index in [9.17, 15) is 13.6 Å². The van der Waals surface area contributed by atoms with E-state index in [0.717, 1.165) is 15.8 Å². The number of carbonyl (C=O) groups is 1. The van der Waals surface area contributed by atoms with Crippen molar-refractivity contribution in [2.75, 3.05) is 20.3 Å². The van der Waals surface area contributed by atoms with E-state index in [1.54, 1.807) is 12.1 Å². The number of methoxy groups -OCH3 is 1. The Hall–Kier alpha value is -2.35. The molecule has 0 unspecified atom stereocenters. The summed E-state index contributed by atoms with van der Waals surface area (Å²) in [5.41, 5.74) is 0.758. The molecule has 5 nitrogen and oxygen atoms in total. The number of rotatable bonds is 11. The molecule has 28 heavy (non-hydrogen) atoms. The number of hydrogen-bond acceptors (Lipinski definition) is 4. The van der Waals surface area contributed by atoms with Crippen LogP contribution in [-0.2, 0) is 11.2 Å². The average Bonchev–Trinajstić information content (AvgIpc) is 2.66. The summed E-state index contributed by atoms with van der Waals surface area (Å²) < 4.78 is 40.8. The van der Waals surface area contributed by atoms with Gasteiger partial charge >= 0.3 is 6.61 Å². The number of para-hydroxylation sites is 1. The maximum absolute atomic E-state index is 12.5. The van der Waals surface area contributed by atoms with Crippen molar-refractivity contribution >= 4 is 21.8 Å². The highest BCUT2D eigenvalue weighted by Gasteiger charge is 2.11. The van der Waals surface area contributed by atoms with Crippen molar-refractivity contribution in [3.05, 3.63) is 52.5 Å². The molecule has 2 aromatic rings. The minimum atomic E-state index is -2.93. The van der Waals surface area contributed by atoms with Crippen LogP contribution in [0.25, 0.3) is 0 Å². The number of carbonyl (C=O) groups excluding carboxylic acids is 1. The summed E-state index contributed by atoms with van der Waals surface area (Å²) >= 11 is 3.40. The van der Waals surface area contributed by atoms with E-state index in [-0.39, 0.29) is 17.4 Å². The summed E-state index contributed by atoms with van der Waals surface area (Å²) in [6.07, 6.45) is 1.41. The van der Waals surface area contributed by atoms with Crippen LogP contribution >= 0.6 is 15.9 Å². The number of benzene rings is 2. The fourth-order valence-electron chi connectivity index (χ4n) is 2.48. The highest BCUT2D eigenvalue weighted by molar-refractivity contribution is 9.10. The van der Waals surface area contributed by atoms with E-state index in [1.165, 1.54) is 13.2 Å². The first-order valence-corrected chi connectivity index (χ1v) is 9.54. The molecular formula is C20H22BrF2NO4. The summed E-state index contributed by atoms with van der Waals surface area (Å²) in [6, 6.07) is 12.3. The highest BCUT2D eigenvalue weighted by atomic mass is 79.9. The van der Waals surface area contributed by atoms with E-state index in [0.29, 0.717) is 32.4 Å². The molecule has 152 valence electrons. The van der Waals surface area contributed by atoms with Crippen LogP contribution in [0, 0.1) is 0 Å². The first-order valence-electron chi connectivity index (χ1n) is 8.75. The highest BCUT2D eigenvalue weighted by Crippen LogP contribution is 2.29. The van der Waals surface area contributed by atoms with Crippen molar-refractivity contribution in [1.29, 1.82) is 0 Å². The van der Waals surface area contributed by atoms with Gasteiger partial charge in [0.25, 0.3) is 0 Å². The number of halogens is 3. The first kappa shape index (κ1) is 21.9. The molecular weight excluding hydrogens is 436 g/mol. The van der Waals surface area contributed by atoms with Crippen LogP contribution in [0.4, 0.5) is 8.78 Å². The van der Waals surface area contributed by atoms with Gasteiger partial charge in [0.2, 0.25) is 5.91 Å². The quantitative estimate of drug-likeness (QED) is 0.501. The predicted molar refractivity (Wildman–Crippen MR) is 105 cm³/mol. The van der Waals surface area contributed by atoms with Crippen LogP contribution in [-0.4, -0.2) is 32.8 Å². The molecule has 0 aliphatic heterocycles. The molecule has 0 saturated heterocycles. The zero-order valence-corrected chi connectivity index (χ0v) is 17.0. The van der Waals surface area contributed by atoms with Gasteiger partial charge in [-0.2, -0.15) is 8.78 Å². The lowest BCUT2D eigenvalue weighted by molar-refractivity contribution is -0.121. The largest absolute Gasteiger partial charge is 0.493 e. The number of alkyl halides is 2. The molecule has 0 radical (unpaired) electrons. The molecule has 0 aliphatic rings. The molecule has 0 fully saturated rings. The smallest absolute Gasteiger partial charge is 0.387 e. The molecule has 2 aromatic carbocycles. The number of nitrogens with one attached hydrogen (secondary N) is 1. The van der Waals surface area contributed by atoms with E-state index >= 15 is 0 Å². The molecule has 0 spiro atoms. The summed E-state index contributed by atoms with van der Waals surface area (Å²) in [5.74, 6) is 0.862. The second-order valence-electron chi connectivity index (χ2n) is 5.85. The fourth-order valence-corrected chi connectivity index (χ4v) is 2.88. The van der Waals surface area contributed by atoms with E-state index < -0.39 is 6.61 Å². The molecule has 1 amide bonds. The summed E-state index contributed by atoms with van der Waals surface area (Å²) in [6.45, 7) is -2.10. The Morgan fingerprint density at radius 3 is 2.64 bits per heavy atom. The Morgan fingerprint density at radius 2 is 1.93 bits per heavy atom. The minimum absolute atomic E-state index is 0.0226. The normalized spacial score (nSPS) is 10.6. The van der Waals surface area contributed by atoms with Crippen molar-refractivity contribution in [1.82, 2.24) is 5.32 Å². The van der Waals surface area contributed by atoms with Gasteiger partial charge in [0.1, 0.15) is 5.75 Å². The topological polar surface area (TPSA) is 56.8 Å². The second-order valence-corrected chi connectivity index (χ2v) is 6.70. The second kappa shape index (κ2) is 11.5. The lowest BCUT2D eigenvalue weighted by Gasteiger charge is -2.12. The monoisotopic (exact) mass is 457 g/mol. The van der Waals surface area contributed by atoms with Crippen molar-refractivity contribution < 1.29 is 27.8 Å². The summed E-state index contributed by atoms with van der Waals surface area (Å²) in [7, 11) is 1.38. The lowest BCUT2D eigenvalue weighted by Crippen LogP contribution is -2.25. The Bertz CT molecular complexity index is 774. The maximum atomic E-state index is 12.5. The van der Waals surface area contributed by atoms with Crippen molar-refractivity contribution in [3.63, 3.8) is 0 Å². The van der Waals surface area contributed by atoms with Crippen LogP contribution in [0.15, 0.2) is 46.9 Å². The minimum Gasteiger partial charge on any atom is -0.493 e. The zero-order valence-electron chi connectivity index (χ0n) is 15.4. The van der Waals surface area contributed by atoms with Crippen LogP contribution in [0.1, 0.15) is 18.4 Å². The molecule has 2 rings (SSSR count). The fraction of sp³-hybridized carbons (Fsp3) is 0.350. The number of amides is 1. The Labute approximate surface area is 171 Å². The van der Waals surface area contributed by atoms with Crippen molar-refractivity contribution in [3.8, 4) is 17.2 Å². The summed E-state index contributed by atoms with van der Waals surface area (Å²) in [5, 5.41) is 2.81. The third-order valence-electron chi connectivity index (χ3n) is 3.82. The molecule has 0 aliphatic carbocycles.